The van der Waals surface area contributed by atoms with Crippen LogP contribution < -0.4 is 15.4 Å². The molecule has 180 valence electrons. The predicted molar refractivity (Wildman–Crippen MR) is 129 cm³/mol. The molecule has 3 amide bonds. The monoisotopic (exact) mass is 472 g/mol. The third-order valence-electron chi connectivity index (χ3n) is 7.09. The number of rotatable bonds is 6. The van der Waals surface area contributed by atoms with Gasteiger partial charge in [-0.2, -0.15) is 0 Å². The maximum absolute atomic E-state index is 12.9. The lowest BCUT2D eigenvalue weighted by atomic mass is 9.92. The molecule has 8 heteroatoms. The molecular weight excluding hydrogens is 444 g/mol. The molecule has 2 fully saturated rings. The third kappa shape index (κ3) is 4.91. The average molecular weight is 473 g/mol. The lowest BCUT2D eigenvalue weighted by molar-refractivity contribution is -0.136. The Morgan fingerprint density at radius 2 is 1.94 bits per heavy atom. The quantitative estimate of drug-likeness (QED) is 0.496. The van der Waals surface area contributed by atoms with Crippen molar-refractivity contribution in [2.75, 3.05) is 0 Å². The first-order valence-electron chi connectivity index (χ1n) is 12.2. The van der Waals surface area contributed by atoms with Gasteiger partial charge in [-0.15, -0.1) is 0 Å². The zero-order chi connectivity index (χ0) is 24.4. The van der Waals surface area contributed by atoms with Gasteiger partial charge in [-0.25, -0.2) is 4.85 Å². The molecule has 2 aromatic carbocycles. The van der Waals surface area contributed by atoms with Crippen LogP contribution in [0.3, 0.4) is 0 Å². The summed E-state index contributed by atoms with van der Waals surface area (Å²) in [6.07, 6.45) is 4.79. The lowest BCUT2D eigenvalue weighted by Crippen LogP contribution is -2.52. The fraction of sp³-hybridized carbons (Fsp3) is 0.407. The molecule has 0 bridgehead atoms. The van der Waals surface area contributed by atoms with Gasteiger partial charge in [0.1, 0.15) is 17.9 Å². The van der Waals surface area contributed by atoms with Crippen LogP contribution in [-0.2, 0) is 22.7 Å². The molecule has 1 unspecified atom stereocenters. The van der Waals surface area contributed by atoms with Crippen LogP contribution >= 0.6 is 0 Å². The molecule has 2 N–H and O–H groups in total. The van der Waals surface area contributed by atoms with E-state index in [4.69, 9.17) is 11.3 Å². The van der Waals surface area contributed by atoms with E-state index in [0.717, 1.165) is 42.6 Å². The highest BCUT2D eigenvalue weighted by atomic mass is 16.5. The van der Waals surface area contributed by atoms with Crippen molar-refractivity contribution < 1.29 is 19.1 Å². The van der Waals surface area contributed by atoms with E-state index in [9.17, 15) is 14.4 Å². The number of imide groups is 1. The number of fused-ring (bicyclic) bond motifs is 1. The molecule has 5 rings (SSSR count). The van der Waals surface area contributed by atoms with Crippen molar-refractivity contribution >= 4 is 23.4 Å². The molecule has 0 radical (unpaired) electrons. The van der Waals surface area contributed by atoms with Crippen LogP contribution in [0.25, 0.3) is 4.85 Å². The summed E-state index contributed by atoms with van der Waals surface area (Å²) in [5.41, 5.74) is 3.14. The van der Waals surface area contributed by atoms with Gasteiger partial charge >= 0.3 is 0 Å². The molecule has 2 aromatic rings. The Hall–Kier alpha value is -3.70. The van der Waals surface area contributed by atoms with Crippen molar-refractivity contribution in [3.63, 3.8) is 0 Å². The first-order valence-corrected chi connectivity index (χ1v) is 12.2. The number of piperidine rings is 1. The predicted octanol–water partition coefficient (Wildman–Crippen LogP) is 3.48. The first-order chi connectivity index (χ1) is 17.0. The van der Waals surface area contributed by atoms with Crippen molar-refractivity contribution in [3.8, 4) is 5.75 Å². The van der Waals surface area contributed by atoms with Gasteiger partial charge in [0.05, 0.1) is 6.57 Å². The van der Waals surface area contributed by atoms with E-state index in [0.29, 0.717) is 30.8 Å². The van der Waals surface area contributed by atoms with Crippen LogP contribution in [0.1, 0.15) is 60.0 Å². The van der Waals surface area contributed by atoms with E-state index >= 15 is 0 Å². The maximum Gasteiger partial charge on any atom is 0.255 e. The molecule has 8 nitrogen and oxygen atoms in total. The summed E-state index contributed by atoms with van der Waals surface area (Å²) < 4.78 is 6.41. The number of carbonyl (C=O) groups excluding carboxylic acids is 3. The van der Waals surface area contributed by atoms with Crippen molar-refractivity contribution in [2.24, 2.45) is 0 Å². The van der Waals surface area contributed by atoms with E-state index in [-0.39, 0.29) is 30.4 Å². The Kier molecular flexibility index (Phi) is 6.51. The number of hydrogen-bond acceptors (Lipinski definition) is 5. The van der Waals surface area contributed by atoms with Gasteiger partial charge in [-0.3, -0.25) is 19.7 Å². The number of nitrogens with one attached hydrogen (secondary N) is 2. The number of nitrogens with zero attached hydrogens (tertiary/aromatic N) is 2. The summed E-state index contributed by atoms with van der Waals surface area (Å²) in [6, 6.07) is 12.7. The molecule has 1 aliphatic carbocycles. The summed E-state index contributed by atoms with van der Waals surface area (Å²) in [4.78, 5) is 41.8. The molecule has 2 aliphatic heterocycles. The third-order valence-corrected chi connectivity index (χ3v) is 7.09. The number of carbonyl (C=O) groups is 3. The van der Waals surface area contributed by atoms with Crippen LogP contribution in [0.5, 0.6) is 5.75 Å². The lowest BCUT2D eigenvalue weighted by Gasteiger charge is -2.33. The summed E-state index contributed by atoms with van der Waals surface area (Å²) in [6.45, 7) is 8.22. The van der Waals surface area contributed by atoms with Crippen molar-refractivity contribution in [1.29, 1.82) is 0 Å². The van der Waals surface area contributed by atoms with E-state index in [1.54, 1.807) is 11.0 Å². The molecule has 0 aromatic heterocycles. The van der Waals surface area contributed by atoms with Crippen LogP contribution in [0.15, 0.2) is 42.5 Å². The molecule has 3 atom stereocenters. The topological polar surface area (TPSA) is 92.1 Å². The number of ether oxygens (including phenoxy) is 1. The van der Waals surface area contributed by atoms with Gasteiger partial charge in [-0.1, -0.05) is 30.7 Å². The van der Waals surface area contributed by atoms with Gasteiger partial charge in [0.2, 0.25) is 11.8 Å². The van der Waals surface area contributed by atoms with Gasteiger partial charge in [0.15, 0.2) is 5.69 Å². The van der Waals surface area contributed by atoms with E-state index in [2.05, 4.69) is 15.5 Å². The van der Waals surface area contributed by atoms with Gasteiger partial charge in [0.25, 0.3) is 5.91 Å². The molecule has 3 aliphatic rings. The second-order valence-corrected chi connectivity index (χ2v) is 9.43. The summed E-state index contributed by atoms with van der Waals surface area (Å²) in [5, 5.41) is 5.95. The van der Waals surface area contributed by atoms with Crippen molar-refractivity contribution in [3.05, 3.63) is 70.6 Å². The zero-order valence-corrected chi connectivity index (χ0v) is 19.5. The van der Waals surface area contributed by atoms with Gasteiger partial charge < -0.3 is 15.0 Å². The van der Waals surface area contributed by atoms with Crippen molar-refractivity contribution in [1.82, 2.24) is 15.5 Å². The van der Waals surface area contributed by atoms with Crippen LogP contribution in [0.4, 0.5) is 5.69 Å². The second kappa shape index (κ2) is 9.88. The Labute approximate surface area is 204 Å². The number of hydrogen-bond donors (Lipinski definition) is 2. The molecule has 1 saturated heterocycles. The summed E-state index contributed by atoms with van der Waals surface area (Å²) >= 11 is 0. The van der Waals surface area contributed by atoms with Crippen LogP contribution in [0.2, 0.25) is 0 Å². The minimum atomic E-state index is -0.620. The highest BCUT2D eigenvalue weighted by Crippen LogP contribution is 2.32. The second-order valence-electron chi connectivity index (χ2n) is 9.43. The molecule has 35 heavy (non-hydrogen) atoms. The summed E-state index contributed by atoms with van der Waals surface area (Å²) in [7, 11) is 0. The SMILES string of the molecule is [C-]#[N+]c1cccc(CN[C@@H]2CCCC[C@H]2Oc2ccc3c(c2)CN(C2CCC(=O)NC2=O)C3=O)c1. The minimum absolute atomic E-state index is 0.00851. The standard InChI is InChI=1S/C27H28N4O4/c1-28-19-6-4-5-17(13-19)15-29-22-7-2-3-8-24(22)35-20-9-10-21-18(14-20)16-31(27(21)34)23-11-12-25(32)30-26(23)33/h4-6,9-10,13-14,22-24,29H,2-3,7-8,11-12,15-16H2,(H,30,32,33)/t22-,23?,24-/m1/s1. The molecule has 0 spiro atoms. The van der Waals surface area contributed by atoms with E-state index in [1.807, 2.05) is 36.4 Å². The highest BCUT2D eigenvalue weighted by Gasteiger charge is 2.39. The molecule has 1 saturated carbocycles. The van der Waals surface area contributed by atoms with Gasteiger partial charge in [-0.05, 0) is 55.0 Å². The Balaban J connectivity index is 1.25. The smallest absolute Gasteiger partial charge is 0.255 e. The van der Waals surface area contributed by atoms with E-state index in [1.165, 1.54) is 0 Å². The Bertz CT molecular complexity index is 1200. The van der Waals surface area contributed by atoms with Crippen molar-refractivity contribution in [2.45, 2.75) is 69.8 Å². The number of amides is 3. The zero-order valence-electron chi connectivity index (χ0n) is 19.5. The fourth-order valence-corrected chi connectivity index (χ4v) is 5.26. The highest BCUT2D eigenvalue weighted by molar-refractivity contribution is 6.05. The van der Waals surface area contributed by atoms with Crippen LogP contribution in [-0.4, -0.2) is 40.8 Å². The van der Waals surface area contributed by atoms with E-state index < -0.39 is 11.9 Å². The molecule has 2 heterocycles. The Morgan fingerprint density at radius 3 is 2.77 bits per heavy atom. The normalized spacial score (nSPS) is 24.0. The average Bonchev–Trinajstić information content (AvgIpc) is 3.19. The largest absolute Gasteiger partial charge is 0.489 e. The fourth-order valence-electron chi connectivity index (χ4n) is 5.26. The van der Waals surface area contributed by atoms with Crippen LogP contribution in [0, 0.1) is 6.57 Å². The summed E-state index contributed by atoms with van der Waals surface area (Å²) in [5.74, 6) is -0.159. The maximum atomic E-state index is 12.9. The van der Waals surface area contributed by atoms with Gasteiger partial charge in [0, 0.05) is 31.1 Å². The Morgan fingerprint density at radius 1 is 1.09 bits per heavy atom. The number of benzene rings is 2. The minimum Gasteiger partial charge on any atom is -0.489 e. The molecular formula is C27H28N4O4. The first kappa shape index (κ1) is 23.1.